The van der Waals surface area contributed by atoms with Gasteiger partial charge in [-0.2, -0.15) is 9.40 Å². The normalized spacial score (nSPS) is 24.2. The molecule has 1 aromatic heterocycles. The van der Waals surface area contributed by atoms with Crippen molar-refractivity contribution < 1.29 is 18.3 Å². The Labute approximate surface area is 124 Å². The fourth-order valence-electron chi connectivity index (χ4n) is 2.88. The van der Waals surface area contributed by atoms with Crippen molar-refractivity contribution in [3.05, 3.63) is 11.4 Å². The summed E-state index contributed by atoms with van der Waals surface area (Å²) in [5.41, 5.74) is 0.924. The summed E-state index contributed by atoms with van der Waals surface area (Å²) < 4.78 is 28.4. The Balaban J connectivity index is 2.49. The van der Waals surface area contributed by atoms with Crippen LogP contribution in [0.4, 0.5) is 0 Å². The minimum atomic E-state index is -3.85. The lowest BCUT2D eigenvalue weighted by Gasteiger charge is -2.34. The number of carbonyl (C=O) groups is 1. The number of aliphatic carboxylic acids is 1. The highest BCUT2D eigenvalue weighted by molar-refractivity contribution is 7.89. The molecule has 0 radical (unpaired) electrons. The number of piperidine rings is 1. The van der Waals surface area contributed by atoms with Crippen molar-refractivity contribution in [1.82, 2.24) is 14.1 Å². The molecule has 0 bridgehead atoms. The van der Waals surface area contributed by atoms with Gasteiger partial charge in [-0.1, -0.05) is 6.92 Å². The zero-order valence-corrected chi connectivity index (χ0v) is 13.5. The molecule has 1 aliphatic rings. The van der Waals surface area contributed by atoms with Crippen LogP contribution in [0.1, 0.15) is 31.2 Å². The van der Waals surface area contributed by atoms with Crippen LogP contribution in [0.3, 0.4) is 0 Å². The summed E-state index contributed by atoms with van der Waals surface area (Å²) in [6, 6.07) is -1.00. The Morgan fingerprint density at radius 3 is 2.48 bits per heavy atom. The van der Waals surface area contributed by atoms with Crippen LogP contribution in [0.2, 0.25) is 0 Å². The Morgan fingerprint density at radius 1 is 1.38 bits per heavy atom. The first-order chi connectivity index (χ1) is 9.66. The quantitative estimate of drug-likeness (QED) is 0.895. The Kier molecular flexibility index (Phi) is 4.12. The maximum atomic E-state index is 12.9. The Bertz CT molecular complexity index is 665. The van der Waals surface area contributed by atoms with Crippen LogP contribution < -0.4 is 0 Å². The molecular weight excluding hydrogens is 294 g/mol. The van der Waals surface area contributed by atoms with E-state index in [4.69, 9.17) is 0 Å². The molecule has 0 spiro atoms. The lowest BCUT2D eigenvalue weighted by molar-refractivity contribution is -0.143. The van der Waals surface area contributed by atoms with Crippen LogP contribution in [0.5, 0.6) is 0 Å². The molecule has 0 saturated carbocycles. The van der Waals surface area contributed by atoms with Crippen LogP contribution in [0, 0.1) is 19.8 Å². The van der Waals surface area contributed by atoms with Gasteiger partial charge >= 0.3 is 5.97 Å². The molecule has 7 nitrogen and oxygen atoms in total. The van der Waals surface area contributed by atoms with Crippen molar-refractivity contribution in [1.29, 1.82) is 0 Å². The monoisotopic (exact) mass is 315 g/mol. The Hall–Kier alpha value is -1.41. The number of carboxylic acids is 1. The second-order valence-electron chi connectivity index (χ2n) is 5.72. The molecule has 2 atom stereocenters. The van der Waals surface area contributed by atoms with Gasteiger partial charge in [0, 0.05) is 13.6 Å². The summed E-state index contributed by atoms with van der Waals surface area (Å²) in [6.07, 6.45) is 1.01. The van der Waals surface area contributed by atoms with Gasteiger partial charge in [0.25, 0.3) is 0 Å². The molecule has 1 saturated heterocycles. The van der Waals surface area contributed by atoms with Gasteiger partial charge in [-0.25, -0.2) is 8.42 Å². The van der Waals surface area contributed by atoms with Crippen molar-refractivity contribution in [3.8, 4) is 0 Å². The number of aromatic nitrogens is 2. The Morgan fingerprint density at radius 2 is 2.00 bits per heavy atom. The van der Waals surface area contributed by atoms with Crippen molar-refractivity contribution >= 4 is 16.0 Å². The van der Waals surface area contributed by atoms with Crippen molar-refractivity contribution in [2.24, 2.45) is 13.0 Å². The first-order valence-corrected chi connectivity index (χ1v) is 8.35. The molecule has 1 fully saturated rings. The van der Waals surface area contributed by atoms with Gasteiger partial charge in [0.2, 0.25) is 10.0 Å². The smallest absolute Gasteiger partial charge is 0.322 e. The zero-order chi connectivity index (χ0) is 15.9. The van der Waals surface area contributed by atoms with Crippen LogP contribution in [0.15, 0.2) is 4.90 Å². The molecule has 2 rings (SSSR count). The highest BCUT2D eigenvalue weighted by Crippen LogP contribution is 2.31. The SMILES string of the molecule is Cc1nn(C)c(C)c1S(=O)(=O)N1CCC(C)CC1C(=O)O. The molecule has 1 aliphatic heterocycles. The summed E-state index contributed by atoms with van der Waals surface area (Å²) in [4.78, 5) is 11.6. The van der Waals surface area contributed by atoms with E-state index < -0.39 is 22.0 Å². The van der Waals surface area contributed by atoms with Crippen molar-refractivity contribution in [2.45, 2.75) is 44.6 Å². The summed E-state index contributed by atoms with van der Waals surface area (Å²) in [5.74, 6) is -0.891. The summed E-state index contributed by atoms with van der Waals surface area (Å²) in [6.45, 7) is 5.48. The average molecular weight is 315 g/mol. The second kappa shape index (κ2) is 5.42. The first-order valence-electron chi connectivity index (χ1n) is 6.91. The average Bonchev–Trinajstić information content (AvgIpc) is 2.62. The van der Waals surface area contributed by atoms with E-state index in [1.165, 1.54) is 4.68 Å². The fourth-order valence-corrected chi connectivity index (χ4v) is 4.89. The summed E-state index contributed by atoms with van der Waals surface area (Å²) in [5, 5.41) is 13.5. The van der Waals surface area contributed by atoms with Gasteiger partial charge in [-0.15, -0.1) is 0 Å². The van der Waals surface area contributed by atoms with E-state index in [1.54, 1.807) is 20.9 Å². The number of hydrogen-bond acceptors (Lipinski definition) is 4. The predicted molar refractivity (Wildman–Crippen MR) is 76.4 cm³/mol. The lowest BCUT2D eigenvalue weighted by atomic mass is 9.94. The van der Waals surface area contributed by atoms with Crippen LogP contribution in [-0.2, 0) is 21.9 Å². The van der Waals surface area contributed by atoms with Crippen LogP contribution in [-0.4, -0.2) is 46.2 Å². The van der Waals surface area contributed by atoms with E-state index in [0.29, 0.717) is 24.2 Å². The summed E-state index contributed by atoms with van der Waals surface area (Å²) in [7, 11) is -2.18. The number of hydrogen-bond donors (Lipinski definition) is 1. The van der Waals surface area contributed by atoms with E-state index in [1.807, 2.05) is 6.92 Å². The molecular formula is C13H21N3O4S. The first kappa shape index (κ1) is 16.0. The number of carboxylic acid groups (broad SMARTS) is 1. The standard InChI is InChI=1S/C13H21N3O4S/c1-8-5-6-16(11(7-8)13(17)18)21(19,20)12-9(2)14-15(4)10(12)3/h8,11H,5-7H2,1-4H3,(H,17,18). The van der Waals surface area contributed by atoms with Crippen molar-refractivity contribution in [2.75, 3.05) is 6.54 Å². The molecule has 0 aromatic carbocycles. The van der Waals surface area contributed by atoms with Crippen LogP contribution >= 0.6 is 0 Å². The topological polar surface area (TPSA) is 92.5 Å². The zero-order valence-electron chi connectivity index (χ0n) is 12.7. The largest absolute Gasteiger partial charge is 0.480 e. The molecule has 1 aromatic rings. The van der Waals surface area contributed by atoms with E-state index in [2.05, 4.69) is 5.10 Å². The molecule has 0 amide bonds. The number of sulfonamides is 1. The molecule has 118 valence electrons. The fraction of sp³-hybridized carbons (Fsp3) is 0.692. The molecule has 0 aliphatic carbocycles. The van der Waals surface area contributed by atoms with Gasteiger partial charge in [0.15, 0.2) is 0 Å². The van der Waals surface area contributed by atoms with Gasteiger partial charge < -0.3 is 5.11 Å². The van der Waals surface area contributed by atoms with Gasteiger partial charge in [-0.05, 0) is 32.6 Å². The van der Waals surface area contributed by atoms with Crippen LogP contribution in [0.25, 0.3) is 0 Å². The van der Waals surface area contributed by atoms with Gasteiger partial charge in [0.1, 0.15) is 10.9 Å². The second-order valence-corrected chi connectivity index (χ2v) is 7.55. The van der Waals surface area contributed by atoms with E-state index in [0.717, 1.165) is 4.31 Å². The van der Waals surface area contributed by atoms with Gasteiger partial charge in [0.05, 0.1) is 11.4 Å². The predicted octanol–water partition coefficient (Wildman–Crippen LogP) is 0.911. The van der Waals surface area contributed by atoms with E-state index in [-0.39, 0.29) is 17.4 Å². The summed E-state index contributed by atoms with van der Waals surface area (Å²) >= 11 is 0. The van der Waals surface area contributed by atoms with Gasteiger partial charge in [-0.3, -0.25) is 9.48 Å². The maximum Gasteiger partial charge on any atom is 0.322 e. The minimum Gasteiger partial charge on any atom is -0.480 e. The molecule has 2 unspecified atom stereocenters. The van der Waals surface area contributed by atoms with E-state index in [9.17, 15) is 18.3 Å². The number of rotatable bonds is 3. The number of nitrogens with zero attached hydrogens (tertiary/aromatic N) is 3. The third kappa shape index (κ3) is 2.69. The third-order valence-electron chi connectivity index (χ3n) is 4.11. The lowest BCUT2D eigenvalue weighted by Crippen LogP contribution is -2.49. The maximum absolute atomic E-state index is 12.9. The van der Waals surface area contributed by atoms with E-state index >= 15 is 0 Å². The minimum absolute atomic E-state index is 0.130. The third-order valence-corrected chi connectivity index (χ3v) is 6.27. The highest BCUT2D eigenvalue weighted by Gasteiger charge is 2.41. The molecule has 8 heteroatoms. The molecule has 2 heterocycles. The van der Waals surface area contributed by atoms with Crippen molar-refractivity contribution in [3.63, 3.8) is 0 Å². The molecule has 21 heavy (non-hydrogen) atoms. The molecule has 1 N–H and O–H groups in total. The number of aryl methyl sites for hydroxylation is 2. The highest BCUT2D eigenvalue weighted by atomic mass is 32.2.